The number of fused-ring (bicyclic) bond motifs is 1. The van der Waals surface area contributed by atoms with Crippen molar-refractivity contribution in [1.82, 2.24) is 14.3 Å². The molecular weight excluding hydrogens is 244 g/mol. The van der Waals surface area contributed by atoms with Gasteiger partial charge in [0.15, 0.2) is 5.82 Å². The van der Waals surface area contributed by atoms with Gasteiger partial charge in [-0.25, -0.2) is 14.3 Å². The van der Waals surface area contributed by atoms with Crippen molar-refractivity contribution >= 4 is 11.7 Å². The molecule has 1 aliphatic rings. The summed E-state index contributed by atoms with van der Waals surface area (Å²) in [6.45, 7) is 4.60. The number of rotatable bonds is 2. The molecule has 0 fully saturated rings. The van der Waals surface area contributed by atoms with Gasteiger partial charge >= 0.3 is 11.7 Å². The maximum Gasteiger partial charge on any atom is 0.354 e. The molecule has 0 N–H and O–H groups in total. The first-order valence-electron chi connectivity index (χ1n) is 6.19. The molecule has 1 aliphatic heterocycles. The van der Waals surface area contributed by atoms with E-state index in [-0.39, 0.29) is 11.7 Å². The lowest BCUT2D eigenvalue weighted by atomic mass is 10.2. The number of carbonyl (C=O) groups is 1. The Kier molecular flexibility index (Phi) is 2.51. The summed E-state index contributed by atoms with van der Waals surface area (Å²) in [6, 6.07) is 7.30. The van der Waals surface area contributed by atoms with E-state index in [2.05, 4.69) is 5.10 Å². The number of nitrogens with zero attached hydrogens (tertiary/aromatic N) is 4. The minimum absolute atomic E-state index is 0.328. The summed E-state index contributed by atoms with van der Waals surface area (Å²) in [5.41, 5.74) is 1.50. The van der Waals surface area contributed by atoms with Gasteiger partial charge in [0, 0.05) is 12.2 Å². The number of hydrogen-bond donors (Lipinski definition) is 0. The zero-order valence-corrected chi connectivity index (χ0v) is 10.8. The Morgan fingerprint density at radius 3 is 2.74 bits per heavy atom. The zero-order valence-electron chi connectivity index (χ0n) is 10.8. The highest BCUT2D eigenvalue weighted by Gasteiger charge is 2.33. The van der Waals surface area contributed by atoms with Crippen molar-refractivity contribution in [1.29, 1.82) is 0 Å². The zero-order chi connectivity index (χ0) is 13.6. The van der Waals surface area contributed by atoms with Crippen LogP contribution in [0.4, 0.5) is 10.5 Å². The molecule has 0 radical (unpaired) electrons. The SMILES string of the molecule is CCn1nc2n(c1=O)C(=O)N(c1cccc(C)c1)C2. The predicted molar refractivity (Wildman–Crippen MR) is 70.3 cm³/mol. The Labute approximate surface area is 109 Å². The lowest BCUT2D eigenvalue weighted by molar-refractivity contribution is 0.250. The number of aryl methyl sites for hydroxylation is 2. The van der Waals surface area contributed by atoms with Crippen LogP contribution in [0.1, 0.15) is 18.3 Å². The summed E-state index contributed by atoms with van der Waals surface area (Å²) in [6.07, 6.45) is 0. The van der Waals surface area contributed by atoms with Gasteiger partial charge in [-0.2, -0.15) is 9.67 Å². The van der Waals surface area contributed by atoms with Crippen LogP contribution in [0.3, 0.4) is 0 Å². The minimum atomic E-state index is -0.363. The smallest absolute Gasteiger partial charge is 0.286 e. The van der Waals surface area contributed by atoms with Crippen LogP contribution in [0.15, 0.2) is 29.1 Å². The van der Waals surface area contributed by atoms with Gasteiger partial charge in [0.25, 0.3) is 0 Å². The highest BCUT2D eigenvalue weighted by atomic mass is 16.2. The van der Waals surface area contributed by atoms with Gasteiger partial charge in [-0.1, -0.05) is 12.1 Å². The molecule has 1 aromatic carbocycles. The Bertz CT molecular complexity index is 714. The summed E-state index contributed by atoms with van der Waals surface area (Å²) in [5, 5.41) is 4.16. The van der Waals surface area contributed by atoms with Crippen LogP contribution in [-0.2, 0) is 13.1 Å². The second-order valence-electron chi connectivity index (χ2n) is 4.56. The molecular formula is C13H14N4O2. The number of anilines is 1. The molecule has 0 saturated carbocycles. The van der Waals surface area contributed by atoms with Gasteiger partial charge < -0.3 is 0 Å². The number of hydrogen-bond acceptors (Lipinski definition) is 3. The van der Waals surface area contributed by atoms with Gasteiger partial charge in [-0.05, 0) is 31.5 Å². The average molecular weight is 258 g/mol. The van der Waals surface area contributed by atoms with Crippen LogP contribution in [0.5, 0.6) is 0 Å². The summed E-state index contributed by atoms with van der Waals surface area (Å²) < 4.78 is 2.45. The fourth-order valence-electron chi connectivity index (χ4n) is 2.28. The topological polar surface area (TPSA) is 60.1 Å². The van der Waals surface area contributed by atoms with Gasteiger partial charge in [-0.15, -0.1) is 0 Å². The molecule has 6 heteroatoms. The fraction of sp³-hybridized carbons (Fsp3) is 0.308. The van der Waals surface area contributed by atoms with E-state index < -0.39 is 0 Å². The van der Waals surface area contributed by atoms with E-state index in [1.54, 1.807) is 4.90 Å². The largest absolute Gasteiger partial charge is 0.354 e. The third-order valence-electron chi connectivity index (χ3n) is 3.24. The molecule has 0 saturated heterocycles. The van der Waals surface area contributed by atoms with Crippen LogP contribution in [-0.4, -0.2) is 20.4 Å². The number of aromatic nitrogens is 3. The Balaban J connectivity index is 2.03. The first kappa shape index (κ1) is 11.7. The van der Waals surface area contributed by atoms with Crippen LogP contribution < -0.4 is 10.6 Å². The van der Waals surface area contributed by atoms with E-state index in [0.717, 1.165) is 15.8 Å². The molecule has 0 aliphatic carbocycles. The van der Waals surface area contributed by atoms with Crippen LogP contribution in [0, 0.1) is 6.92 Å². The van der Waals surface area contributed by atoms with E-state index >= 15 is 0 Å². The minimum Gasteiger partial charge on any atom is -0.286 e. The van der Waals surface area contributed by atoms with Crippen LogP contribution in [0.2, 0.25) is 0 Å². The maximum atomic E-state index is 12.3. The molecule has 1 amide bonds. The third-order valence-corrected chi connectivity index (χ3v) is 3.24. The van der Waals surface area contributed by atoms with Gasteiger partial charge in [0.2, 0.25) is 0 Å². The summed E-state index contributed by atoms with van der Waals surface area (Å²) in [7, 11) is 0. The lowest BCUT2D eigenvalue weighted by Gasteiger charge is -2.15. The molecule has 6 nitrogen and oxygen atoms in total. The van der Waals surface area contributed by atoms with E-state index in [1.165, 1.54) is 4.68 Å². The molecule has 19 heavy (non-hydrogen) atoms. The number of benzene rings is 1. The Morgan fingerprint density at radius 1 is 1.32 bits per heavy atom. The van der Waals surface area contributed by atoms with Crippen molar-refractivity contribution in [3.05, 3.63) is 46.1 Å². The summed E-state index contributed by atoms with van der Waals surface area (Å²) >= 11 is 0. The Hall–Kier alpha value is -2.37. The molecule has 98 valence electrons. The summed E-state index contributed by atoms with van der Waals surface area (Å²) in [4.78, 5) is 25.8. The number of carbonyl (C=O) groups excluding carboxylic acids is 1. The molecule has 1 aromatic heterocycles. The second-order valence-corrected chi connectivity index (χ2v) is 4.56. The molecule has 0 bridgehead atoms. The van der Waals surface area contributed by atoms with E-state index in [4.69, 9.17) is 0 Å². The Morgan fingerprint density at radius 2 is 2.11 bits per heavy atom. The van der Waals surface area contributed by atoms with E-state index in [0.29, 0.717) is 18.9 Å². The molecule has 2 heterocycles. The van der Waals surface area contributed by atoms with Crippen molar-refractivity contribution in [2.24, 2.45) is 0 Å². The van der Waals surface area contributed by atoms with Gasteiger partial charge in [-0.3, -0.25) is 4.90 Å². The van der Waals surface area contributed by atoms with Crippen molar-refractivity contribution in [2.45, 2.75) is 26.9 Å². The normalized spacial score (nSPS) is 14.0. The average Bonchev–Trinajstić information content (AvgIpc) is 2.88. The molecule has 0 atom stereocenters. The second kappa shape index (κ2) is 4.08. The third kappa shape index (κ3) is 1.68. The van der Waals surface area contributed by atoms with E-state index in [1.807, 2.05) is 38.1 Å². The van der Waals surface area contributed by atoms with Crippen molar-refractivity contribution in [3.8, 4) is 0 Å². The van der Waals surface area contributed by atoms with Crippen molar-refractivity contribution in [3.63, 3.8) is 0 Å². The standard InChI is InChI=1S/C13H14N4O2/c1-3-16-13(19)17-11(14-16)8-15(12(17)18)10-6-4-5-9(2)7-10/h4-7H,3,8H2,1-2H3. The van der Waals surface area contributed by atoms with E-state index in [9.17, 15) is 9.59 Å². The van der Waals surface area contributed by atoms with Gasteiger partial charge in [0.1, 0.15) is 0 Å². The maximum absolute atomic E-state index is 12.3. The number of amides is 1. The first-order valence-corrected chi connectivity index (χ1v) is 6.19. The predicted octanol–water partition coefficient (Wildman–Crippen LogP) is 1.36. The van der Waals surface area contributed by atoms with Crippen LogP contribution >= 0.6 is 0 Å². The lowest BCUT2D eigenvalue weighted by Crippen LogP contribution is -2.34. The van der Waals surface area contributed by atoms with Crippen LogP contribution in [0.25, 0.3) is 0 Å². The summed E-state index contributed by atoms with van der Waals surface area (Å²) in [5.74, 6) is 0.498. The first-order chi connectivity index (χ1) is 9.11. The molecule has 0 spiro atoms. The monoisotopic (exact) mass is 258 g/mol. The highest BCUT2D eigenvalue weighted by Crippen LogP contribution is 2.22. The molecule has 3 rings (SSSR count). The van der Waals surface area contributed by atoms with Crippen molar-refractivity contribution in [2.75, 3.05) is 4.90 Å². The fourth-order valence-corrected chi connectivity index (χ4v) is 2.28. The van der Waals surface area contributed by atoms with Crippen molar-refractivity contribution < 1.29 is 4.79 Å². The van der Waals surface area contributed by atoms with Gasteiger partial charge in [0.05, 0.1) is 6.54 Å². The quantitative estimate of drug-likeness (QED) is 0.817. The molecule has 0 unspecified atom stereocenters. The molecule has 2 aromatic rings. The highest BCUT2D eigenvalue weighted by molar-refractivity contribution is 5.96.